The Morgan fingerprint density at radius 3 is 2.69 bits per heavy atom. The number of halogens is 2. The molecule has 0 aliphatic carbocycles. The van der Waals surface area contributed by atoms with Gasteiger partial charge in [0, 0.05) is 10.4 Å². The maximum atomic E-state index is 11.3. The number of aromatic carboxylic acids is 1. The molecule has 0 amide bonds. The molecule has 0 atom stereocenters. The van der Waals surface area contributed by atoms with Gasteiger partial charge in [-0.3, -0.25) is 0 Å². The Morgan fingerprint density at radius 2 is 2.04 bits per heavy atom. The minimum Gasteiger partial charge on any atom is -0.477 e. The molecule has 0 unspecified atom stereocenters. The molecule has 0 spiro atoms. The fourth-order valence-electron chi connectivity index (χ4n) is 2.47. The largest absolute Gasteiger partial charge is 0.477 e. The quantitative estimate of drug-likeness (QED) is 0.453. The van der Waals surface area contributed by atoms with Crippen LogP contribution < -0.4 is 5.32 Å². The van der Waals surface area contributed by atoms with Crippen LogP contribution in [0.25, 0.3) is 11.3 Å². The Kier molecular flexibility index (Phi) is 5.87. The zero-order valence-electron chi connectivity index (χ0n) is 14.0. The van der Waals surface area contributed by atoms with E-state index >= 15 is 0 Å². The summed E-state index contributed by atoms with van der Waals surface area (Å²) in [5, 5.41) is 15.8. The van der Waals surface area contributed by atoms with Gasteiger partial charge >= 0.3 is 5.97 Å². The first-order chi connectivity index (χ1) is 12.3. The molecule has 136 valence electrons. The van der Waals surface area contributed by atoms with E-state index in [1.807, 2.05) is 6.07 Å². The van der Waals surface area contributed by atoms with Crippen molar-refractivity contribution in [1.29, 1.82) is 0 Å². The number of aromatic nitrogens is 1. The highest BCUT2D eigenvalue weighted by Gasteiger charge is 2.18. The maximum absolute atomic E-state index is 11.3. The highest BCUT2D eigenvalue weighted by atomic mass is 35.5. The van der Waals surface area contributed by atoms with Crippen molar-refractivity contribution in [2.45, 2.75) is 20.3 Å². The number of carbonyl (C=O) groups is 1. The van der Waals surface area contributed by atoms with Crippen LogP contribution in [-0.4, -0.2) is 16.1 Å². The number of thiophene rings is 1. The van der Waals surface area contributed by atoms with Gasteiger partial charge in [0.15, 0.2) is 5.13 Å². The normalized spacial score (nSPS) is 11.1. The van der Waals surface area contributed by atoms with E-state index in [0.717, 1.165) is 22.6 Å². The highest BCUT2D eigenvalue weighted by Crippen LogP contribution is 2.37. The first-order valence-electron chi connectivity index (χ1n) is 7.88. The van der Waals surface area contributed by atoms with Crippen LogP contribution in [-0.2, 0) is 6.42 Å². The second-order valence-corrected chi connectivity index (χ2v) is 8.93. The van der Waals surface area contributed by atoms with Crippen molar-refractivity contribution in [1.82, 2.24) is 4.98 Å². The lowest BCUT2D eigenvalue weighted by atomic mass is 10.0. The third kappa shape index (κ3) is 4.20. The molecule has 0 aliphatic rings. The van der Waals surface area contributed by atoms with E-state index in [0.29, 0.717) is 26.8 Å². The molecule has 2 N–H and O–H groups in total. The summed E-state index contributed by atoms with van der Waals surface area (Å²) >= 11 is 14.9. The summed E-state index contributed by atoms with van der Waals surface area (Å²) in [6, 6.07) is 7.20. The summed E-state index contributed by atoms with van der Waals surface area (Å²) in [6.07, 6.45) is 0.865. The van der Waals surface area contributed by atoms with Crippen LogP contribution in [0.1, 0.15) is 28.4 Å². The molecule has 26 heavy (non-hydrogen) atoms. The molecule has 3 aromatic rings. The molecule has 8 heteroatoms. The van der Waals surface area contributed by atoms with Crippen LogP contribution in [0.4, 0.5) is 10.8 Å². The number of hydrogen-bond acceptors (Lipinski definition) is 5. The monoisotopic (exact) mass is 426 g/mol. The SMILES string of the molecule is CC(C)Cc1sc(Nc2ccsc2C(=O)O)nc1-c1ccc(Cl)c(Cl)c1. The van der Waals surface area contributed by atoms with E-state index in [1.54, 1.807) is 23.6 Å². The first-order valence-corrected chi connectivity index (χ1v) is 10.3. The van der Waals surface area contributed by atoms with Crippen molar-refractivity contribution in [3.63, 3.8) is 0 Å². The zero-order chi connectivity index (χ0) is 18.8. The Balaban J connectivity index is 2.00. The van der Waals surface area contributed by atoms with E-state index in [4.69, 9.17) is 28.2 Å². The van der Waals surface area contributed by atoms with Crippen molar-refractivity contribution in [2.24, 2.45) is 5.92 Å². The van der Waals surface area contributed by atoms with E-state index in [2.05, 4.69) is 19.2 Å². The number of carboxylic acids is 1. The molecule has 2 heterocycles. The maximum Gasteiger partial charge on any atom is 0.348 e. The second-order valence-electron chi connectivity index (χ2n) is 6.11. The smallest absolute Gasteiger partial charge is 0.348 e. The minimum atomic E-state index is -0.953. The van der Waals surface area contributed by atoms with Gasteiger partial charge in [-0.15, -0.1) is 22.7 Å². The lowest BCUT2D eigenvalue weighted by molar-refractivity contribution is 0.0703. The highest BCUT2D eigenvalue weighted by molar-refractivity contribution is 7.16. The molecule has 1 aromatic carbocycles. The topological polar surface area (TPSA) is 62.2 Å². The Labute approximate surface area is 169 Å². The zero-order valence-corrected chi connectivity index (χ0v) is 17.2. The Bertz CT molecular complexity index is 951. The number of nitrogens with zero attached hydrogens (tertiary/aromatic N) is 1. The van der Waals surface area contributed by atoms with Gasteiger partial charge in [0.25, 0.3) is 0 Å². The molecule has 0 aliphatic heterocycles. The minimum absolute atomic E-state index is 0.265. The van der Waals surface area contributed by atoms with Gasteiger partial charge in [0.2, 0.25) is 0 Å². The van der Waals surface area contributed by atoms with Gasteiger partial charge in [0.1, 0.15) is 4.88 Å². The van der Waals surface area contributed by atoms with Gasteiger partial charge in [-0.1, -0.05) is 43.1 Å². The summed E-state index contributed by atoms with van der Waals surface area (Å²) in [5.74, 6) is -0.494. The van der Waals surface area contributed by atoms with Crippen molar-refractivity contribution >= 4 is 62.7 Å². The fraction of sp³-hybridized carbons (Fsp3) is 0.222. The second kappa shape index (κ2) is 7.96. The third-order valence-corrected chi connectivity index (χ3v) is 6.22. The molecule has 3 rings (SSSR count). The Morgan fingerprint density at radius 1 is 1.27 bits per heavy atom. The molecule has 2 aromatic heterocycles. The molecule has 0 bridgehead atoms. The van der Waals surface area contributed by atoms with Crippen LogP contribution in [0.3, 0.4) is 0 Å². The number of benzene rings is 1. The number of thiazole rings is 1. The number of nitrogens with one attached hydrogen (secondary N) is 1. The van der Waals surface area contributed by atoms with Gasteiger partial charge < -0.3 is 10.4 Å². The van der Waals surface area contributed by atoms with Gasteiger partial charge in [-0.2, -0.15) is 0 Å². The average molecular weight is 427 g/mol. The van der Waals surface area contributed by atoms with Crippen LogP contribution in [0.2, 0.25) is 10.0 Å². The van der Waals surface area contributed by atoms with Gasteiger partial charge in [-0.05, 0) is 35.9 Å². The van der Waals surface area contributed by atoms with E-state index < -0.39 is 5.97 Å². The number of anilines is 2. The molecule has 0 fully saturated rings. The molecule has 4 nitrogen and oxygen atoms in total. The number of rotatable bonds is 6. The first kappa shape index (κ1) is 19.2. The van der Waals surface area contributed by atoms with Crippen LogP contribution in [0, 0.1) is 5.92 Å². The van der Waals surface area contributed by atoms with Gasteiger partial charge in [-0.25, -0.2) is 9.78 Å². The standard InChI is InChI=1S/C18H16Cl2N2O2S2/c1-9(2)7-14-15(10-3-4-11(19)12(20)8-10)22-18(26-14)21-13-5-6-25-16(13)17(23)24/h3-6,8-9H,7H2,1-2H3,(H,21,22)(H,23,24). The molecular formula is C18H16Cl2N2O2S2. The van der Waals surface area contributed by atoms with E-state index in [1.165, 1.54) is 22.7 Å². The summed E-state index contributed by atoms with van der Waals surface area (Å²) in [4.78, 5) is 17.4. The third-order valence-electron chi connectivity index (χ3n) is 3.59. The number of carboxylic acid groups (broad SMARTS) is 1. The van der Waals surface area contributed by atoms with E-state index in [9.17, 15) is 9.90 Å². The predicted octanol–water partition coefficient (Wildman–Crippen LogP) is 6.82. The van der Waals surface area contributed by atoms with Crippen LogP contribution in [0.5, 0.6) is 0 Å². The summed E-state index contributed by atoms with van der Waals surface area (Å²) in [6.45, 7) is 4.29. The van der Waals surface area contributed by atoms with Crippen molar-refractivity contribution in [3.8, 4) is 11.3 Å². The van der Waals surface area contributed by atoms with Crippen molar-refractivity contribution in [2.75, 3.05) is 5.32 Å². The fourth-order valence-corrected chi connectivity index (χ4v) is 4.67. The van der Waals surface area contributed by atoms with Crippen molar-refractivity contribution < 1.29 is 9.90 Å². The molecular weight excluding hydrogens is 411 g/mol. The van der Waals surface area contributed by atoms with Gasteiger partial charge in [0.05, 0.1) is 21.4 Å². The molecule has 0 saturated heterocycles. The number of hydrogen-bond donors (Lipinski definition) is 2. The van der Waals surface area contributed by atoms with Crippen molar-refractivity contribution in [3.05, 3.63) is 49.4 Å². The summed E-state index contributed by atoms with van der Waals surface area (Å²) in [5.41, 5.74) is 2.29. The average Bonchev–Trinajstić information content (AvgIpc) is 3.17. The lowest BCUT2D eigenvalue weighted by Crippen LogP contribution is -1.98. The summed E-state index contributed by atoms with van der Waals surface area (Å²) < 4.78 is 0. The van der Waals surface area contributed by atoms with Crippen LogP contribution >= 0.6 is 45.9 Å². The molecule has 0 radical (unpaired) electrons. The predicted molar refractivity (Wildman–Crippen MR) is 111 cm³/mol. The Hall–Kier alpha value is -1.60. The summed E-state index contributed by atoms with van der Waals surface area (Å²) in [7, 11) is 0. The van der Waals surface area contributed by atoms with E-state index in [-0.39, 0.29) is 4.88 Å². The molecule has 0 saturated carbocycles. The lowest BCUT2D eigenvalue weighted by Gasteiger charge is -2.06. The van der Waals surface area contributed by atoms with Crippen LogP contribution in [0.15, 0.2) is 29.6 Å².